The molecule has 1 saturated heterocycles. The van der Waals surface area contributed by atoms with Crippen molar-refractivity contribution in [3.63, 3.8) is 0 Å². The van der Waals surface area contributed by atoms with Crippen molar-refractivity contribution in [3.8, 4) is 0 Å². The minimum Gasteiger partial charge on any atom is -0.370 e. The van der Waals surface area contributed by atoms with E-state index >= 15 is 0 Å². The monoisotopic (exact) mass is 269 g/mol. The van der Waals surface area contributed by atoms with Crippen molar-refractivity contribution >= 4 is 17.7 Å². The van der Waals surface area contributed by atoms with Crippen LogP contribution in [0.4, 0.5) is 13.2 Å². The average molecular weight is 269 g/mol. The summed E-state index contributed by atoms with van der Waals surface area (Å²) >= 11 is -0.0548. The third kappa shape index (κ3) is 6.65. The molecule has 0 aromatic carbocycles. The van der Waals surface area contributed by atoms with Gasteiger partial charge in [-0.05, 0) is 24.6 Å². The van der Waals surface area contributed by atoms with Gasteiger partial charge in [0.15, 0.2) is 5.96 Å². The fourth-order valence-electron chi connectivity index (χ4n) is 1.72. The molecule has 1 fully saturated rings. The van der Waals surface area contributed by atoms with Gasteiger partial charge in [0.05, 0.1) is 6.54 Å². The van der Waals surface area contributed by atoms with E-state index in [0.717, 1.165) is 25.9 Å². The van der Waals surface area contributed by atoms with E-state index < -0.39 is 5.51 Å². The van der Waals surface area contributed by atoms with Crippen molar-refractivity contribution in [2.45, 2.75) is 31.2 Å². The summed E-state index contributed by atoms with van der Waals surface area (Å²) in [6.45, 7) is 1.84. The normalized spacial score (nSPS) is 19.2. The van der Waals surface area contributed by atoms with E-state index in [0.29, 0.717) is 5.96 Å². The van der Waals surface area contributed by atoms with Crippen LogP contribution in [0.25, 0.3) is 0 Å². The Balaban J connectivity index is 2.27. The topological polar surface area (TPSA) is 41.6 Å². The number of nitrogens with zero attached hydrogens (tertiary/aromatic N) is 2. The van der Waals surface area contributed by atoms with Gasteiger partial charge in [-0.1, -0.05) is 12.8 Å². The molecule has 3 nitrogen and oxygen atoms in total. The Kier molecular flexibility index (Phi) is 5.94. The van der Waals surface area contributed by atoms with E-state index in [-0.39, 0.29) is 24.1 Å². The summed E-state index contributed by atoms with van der Waals surface area (Å²) in [5.74, 6) is 0.313. The second-order valence-corrected chi connectivity index (χ2v) is 5.10. The quantitative estimate of drug-likeness (QED) is 0.486. The lowest BCUT2D eigenvalue weighted by atomic mass is 10.2. The summed E-state index contributed by atoms with van der Waals surface area (Å²) in [7, 11) is 0. The molecule has 0 aromatic heterocycles. The van der Waals surface area contributed by atoms with E-state index in [2.05, 4.69) is 4.99 Å². The highest BCUT2D eigenvalue weighted by molar-refractivity contribution is 8.00. The van der Waals surface area contributed by atoms with Gasteiger partial charge in [-0.25, -0.2) is 0 Å². The van der Waals surface area contributed by atoms with Crippen molar-refractivity contribution < 1.29 is 13.2 Å². The predicted molar refractivity (Wildman–Crippen MR) is 65.0 cm³/mol. The first-order valence-corrected chi connectivity index (χ1v) is 6.73. The van der Waals surface area contributed by atoms with Gasteiger partial charge >= 0.3 is 5.51 Å². The van der Waals surface area contributed by atoms with Crippen LogP contribution in [-0.2, 0) is 0 Å². The van der Waals surface area contributed by atoms with Gasteiger partial charge in [-0.3, -0.25) is 4.99 Å². The molecule has 1 heterocycles. The molecule has 17 heavy (non-hydrogen) atoms. The highest BCUT2D eigenvalue weighted by Gasteiger charge is 2.27. The highest BCUT2D eigenvalue weighted by Crippen LogP contribution is 2.29. The Labute approximate surface area is 104 Å². The summed E-state index contributed by atoms with van der Waals surface area (Å²) in [6, 6.07) is 0. The number of nitrogens with two attached hydrogens (primary N) is 1. The van der Waals surface area contributed by atoms with Crippen molar-refractivity contribution in [1.29, 1.82) is 0 Å². The van der Waals surface area contributed by atoms with Gasteiger partial charge in [-0.2, -0.15) is 13.2 Å². The summed E-state index contributed by atoms with van der Waals surface area (Å²) in [4.78, 5) is 5.96. The Bertz CT molecular complexity index is 248. The van der Waals surface area contributed by atoms with Gasteiger partial charge in [0, 0.05) is 18.8 Å². The van der Waals surface area contributed by atoms with Crippen LogP contribution in [0.15, 0.2) is 4.99 Å². The number of alkyl halides is 3. The number of aliphatic imine (C=N–C) groups is 1. The first-order chi connectivity index (χ1) is 7.99. The number of rotatable bonds is 3. The van der Waals surface area contributed by atoms with Gasteiger partial charge in [0.1, 0.15) is 0 Å². The minimum absolute atomic E-state index is 0.0548. The molecular formula is C10H18F3N3S. The number of guanidine groups is 1. The summed E-state index contributed by atoms with van der Waals surface area (Å²) < 4.78 is 35.6. The molecule has 0 bridgehead atoms. The molecule has 0 aliphatic carbocycles. The standard InChI is InChI=1S/C10H18F3N3S/c11-10(12,13)17-8-5-15-9(14)16-6-3-1-2-4-7-16/h1-8H2,(H2,14,15). The summed E-state index contributed by atoms with van der Waals surface area (Å²) in [5, 5.41) is 0. The first kappa shape index (κ1) is 14.5. The van der Waals surface area contributed by atoms with E-state index in [9.17, 15) is 13.2 Å². The molecule has 1 rings (SSSR count). The van der Waals surface area contributed by atoms with Crippen LogP contribution < -0.4 is 5.73 Å². The summed E-state index contributed by atoms with van der Waals surface area (Å²) in [5.41, 5.74) is 1.58. The lowest BCUT2D eigenvalue weighted by Crippen LogP contribution is -2.38. The van der Waals surface area contributed by atoms with E-state index in [1.165, 1.54) is 12.8 Å². The maximum atomic E-state index is 11.9. The first-order valence-electron chi connectivity index (χ1n) is 5.74. The zero-order valence-corrected chi connectivity index (χ0v) is 10.5. The molecule has 0 amide bonds. The molecule has 100 valence electrons. The smallest absolute Gasteiger partial charge is 0.370 e. The number of hydrogen-bond donors (Lipinski definition) is 1. The van der Waals surface area contributed by atoms with Gasteiger partial charge in [0.2, 0.25) is 0 Å². The molecule has 0 radical (unpaired) electrons. The molecule has 1 aliphatic heterocycles. The molecule has 0 spiro atoms. The molecule has 0 atom stereocenters. The molecule has 2 N–H and O–H groups in total. The molecular weight excluding hydrogens is 251 g/mol. The van der Waals surface area contributed by atoms with Crippen LogP contribution in [0.1, 0.15) is 25.7 Å². The molecule has 7 heteroatoms. The van der Waals surface area contributed by atoms with Crippen LogP contribution in [-0.4, -0.2) is 41.8 Å². The van der Waals surface area contributed by atoms with Crippen molar-refractivity contribution in [2.75, 3.05) is 25.4 Å². The van der Waals surface area contributed by atoms with E-state index in [1.807, 2.05) is 4.90 Å². The SMILES string of the molecule is NC(=NCCSC(F)(F)F)N1CCCCCC1. The van der Waals surface area contributed by atoms with Crippen LogP contribution in [0.5, 0.6) is 0 Å². The molecule has 1 aliphatic rings. The molecule has 0 saturated carbocycles. The summed E-state index contributed by atoms with van der Waals surface area (Å²) in [6.07, 6.45) is 4.53. The second-order valence-electron chi connectivity index (χ2n) is 3.94. The predicted octanol–water partition coefficient (Wildman–Crippen LogP) is 2.43. The Morgan fingerprint density at radius 2 is 1.76 bits per heavy atom. The van der Waals surface area contributed by atoms with Gasteiger partial charge < -0.3 is 10.6 Å². The number of likely N-dealkylation sites (tertiary alicyclic amines) is 1. The maximum Gasteiger partial charge on any atom is 0.441 e. The largest absolute Gasteiger partial charge is 0.441 e. The average Bonchev–Trinajstić information content (AvgIpc) is 2.51. The molecule has 0 aromatic rings. The zero-order valence-electron chi connectivity index (χ0n) is 9.67. The Morgan fingerprint density at radius 1 is 1.18 bits per heavy atom. The van der Waals surface area contributed by atoms with Crippen LogP contribution >= 0.6 is 11.8 Å². The Morgan fingerprint density at radius 3 is 2.29 bits per heavy atom. The van der Waals surface area contributed by atoms with Crippen molar-refractivity contribution in [2.24, 2.45) is 10.7 Å². The highest BCUT2D eigenvalue weighted by atomic mass is 32.2. The second kappa shape index (κ2) is 6.98. The lowest BCUT2D eigenvalue weighted by molar-refractivity contribution is -0.0327. The number of halogens is 3. The fourth-order valence-corrected chi connectivity index (χ4v) is 2.14. The van der Waals surface area contributed by atoms with Crippen molar-refractivity contribution in [3.05, 3.63) is 0 Å². The number of thioether (sulfide) groups is 1. The van der Waals surface area contributed by atoms with E-state index in [1.54, 1.807) is 0 Å². The molecule has 0 unspecified atom stereocenters. The third-order valence-electron chi connectivity index (χ3n) is 2.56. The maximum absolute atomic E-state index is 11.9. The van der Waals surface area contributed by atoms with Crippen molar-refractivity contribution in [1.82, 2.24) is 4.90 Å². The lowest BCUT2D eigenvalue weighted by Gasteiger charge is -2.21. The Hall–Kier alpha value is -0.590. The zero-order chi connectivity index (χ0) is 12.7. The van der Waals surface area contributed by atoms with Crippen LogP contribution in [0, 0.1) is 0 Å². The number of hydrogen-bond acceptors (Lipinski definition) is 2. The fraction of sp³-hybridized carbons (Fsp3) is 0.900. The van der Waals surface area contributed by atoms with Gasteiger partial charge in [0.25, 0.3) is 0 Å². The van der Waals surface area contributed by atoms with Crippen LogP contribution in [0.3, 0.4) is 0 Å². The third-order valence-corrected chi connectivity index (χ3v) is 3.27. The van der Waals surface area contributed by atoms with E-state index in [4.69, 9.17) is 5.73 Å². The minimum atomic E-state index is -4.17. The van der Waals surface area contributed by atoms with Gasteiger partial charge in [-0.15, -0.1) is 0 Å². The van der Waals surface area contributed by atoms with Crippen LogP contribution in [0.2, 0.25) is 0 Å².